The van der Waals surface area contributed by atoms with Crippen molar-refractivity contribution in [1.82, 2.24) is 9.88 Å². The van der Waals surface area contributed by atoms with Gasteiger partial charge < -0.3 is 9.88 Å². The fraction of sp³-hybridized carbons (Fsp3) is 0.818. The third-order valence-electron chi connectivity index (χ3n) is 2.67. The van der Waals surface area contributed by atoms with E-state index in [0.717, 1.165) is 13.0 Å². The molecule has 1 fully saturated rings. The first kappa shape index (κ1) is 13.2. The van der Waals surface area contributed by atoms with Crippen molar-refractivity contribution in [2.24, 2.45) is 0 Å². The quantitative estimate of drug-likeness (QED) is 0.756. The van der Waals surface area contributed by atoms with Gasteiger partial charge in [0.05, 0.1) is 0 Å². The van der Waals surface area contributed by atoms with E-state index >= 15 is 0 Å². The highest BCUT2D eigenvalue weighted by Crippen LogP contribution is 2.16. The largest absolute Gasteiger partial charge is 0.381 e. The van der Waals surface area contributed by atoms with Crippen LogP contribution in [0.5, 0.6) is 0 Å². The Balaban J connectivity index is 2.67. The third-order valence-corrected chi connectivity index (χ3v) is 3.67. The van der Waals surface area contributed by atoms with Gasteiger partial charge in [-0.1, -0.05) is 26.6 Å². The molecule has 4 nitrogen and oxygen atoms in total. The van der Waals surface area contributed by atoms with E-state index in [1.165, 1.54) is 0 Å². The maximum absolute atomic E-state index is 12.1. The minimum atomic E-state index is -1.61. The number of nitrogens with one attached hydrogen (secondary N) is 1. The molecule has 1 saturated heterocycles. The van der Waals surface area contributed by atoms with Gasteiger partial charge in [0.1, 0.15) is 14.3 Å². The minimum Gasteiger partial charge on any atom is -0.381 e. The molecule has 1 rings (SSSR count). The predicted molar refractivity (Wildman–Crippen MR) is 66.5 cm³/mol. The summed E-state index contributed by atoms with van der Waals surface area (Å²) in [5.74, 6) is 0.148. The molecule has 16 heavy (non-hydrogen) atoms. The van der Waals surface area contributed by atoms with Crippen LogP contribution in [0.25, 0.3) is 0 Å². The molecule has 1 aliphatic heterocycles. The van der Waals surface area contributed by atoms with Crippen LogP contribution >= 0.6 is 0 Å². The number of hydrogen-bond donors (Lipinski definition) is 1. The van der Waals surface area contributed by atoms with E-state index in [9.17, 15) is 9.59 Å². The van der Waals surface area contributed by atoms with Gasteiger partial charge in [0, 0.05) is 13.0 Å². The Hall–Kier alpha value is -0.843. The molecule has 0 spiro atoms. The highest BCUT2D eigenvalue weighted by Gasteiger charge is 2.32. The lowest BCUT2D eigenvalue weighted by Crippen LogP contribution is -2.54. The molecule has 0 aliphatic carbocycles. The smallest absolute Gasteiger partial charge is 0.235 e. The van der Waals surface area contributed by atoms with Crippen LogP contribution in [0.3, 0.4) is 0 Å². The van der Waals surface area contributed by atoms with Gasteiger partial charge in [-0.2, -0.15) is 0 Å². The van der Waals surface area contributed by atoms with Crippen molar-refractivity contribution in [2.45, 2.75) is 51.9 Å². The minimum absolute atomic E-state index is 0.0249. The zero-order valence-electron chi connectivity index (χ0n) is 10.7. The molecule has 1 unspecified atom stereocenters. The Morgan fingerprint density at radius 3 is 2.50 bits per heavy atom. The molecule has 1 N–H and O–H groups in total. The van der Waals surface area contributed by atoms with Gasteiger partial charge in [-0.15, -0.1) is 0 Å². The van der Waals surface area contributed by atoms with Gasteiger partial charge in [-0.3, -0.25) is 9.59 Å². The topological polar surface area (TPSA) is 49.4 Å². The summed E-state index contributed by atoms with van der Waals surface area (Å²) in [4.78, 5) is 28.5. The second kappa shape index (κ2) is 4.99. The standard InChI is InChI=1S/C11H22N2O2Si/c1-5-9(11(15)12-16(2,3)4)13-8-6-7-10(13)14/h9H,5-8H2,1-4H3,(H,12,15). The molecule has 92 valence electrons. The van der Waals surface area contributed by atoms with Crippen LogP contribution in [0, 0.1) is 0 Å². The fourth-order valence-electron chi connectivity index (χ4n) is 2.00. The van der Waals surface area contributed by atoms with Crippen molar-refractivity contribution in [1.29, 1.82) is 0 Å². The number of carbonyl (C=O) groups is 2. The Morgan fingerprint density at radius 2 is 2.12 bits per heavy atom. The molecule has 0 radical (unpaired) electrons. The first-order valence-electron chi connectivity index (χ1n) is 5.96. The SMILES string of the molecule is CCC(C(=O)N[Si](C)(C)C)N1CCCC1=O. The molecule has 0 bridgehead atoms. The highest BCUT2D eigenvalue weighted by molar-refractivity contribution is 6.75. The lowest BCUT2D eigenvalue weighted by Gasteiger charge is -2.29. The van der Waals surface area contributed by atoms with Crippen LogP contribution in [-0.4, -0.2) is 37.5 Å². The average Bonchev–Trinajstić information content (AvgIpc) is 2.50. The Bertz CT molecular complexity index is 286. The van der Waals surface area contributed by atoms with Crippen LogP contribution in [-0.2, 0) is 9.59 Å². The first-order valence-corrected chi connectivity index (χ1v) is 9.46. The van der Waals surface area contributed by atoms with Crippen molar-refractivity contribution in [3.8, 4) is 0 Å². The summed E-state index contributed by atoms with van der Waals surface area (Å²) in [7, 11) is -1.61. The second-order valence-electron chi connectivity index (χ2n) is 5.35. The number of hydrogen-bond acceptors (Lipinski definition) is 2. The molecule has 5 heteroatoms. The predicted octanol–water partition coefficient (Wildman–Crippen LogP) is 1.34. The summed E-state index contributed by atoms with van der Waals surface area (Å²) < 4.78 is 0. The third kappa shape index (κ3) is 3.33. The van der Waals surface area contributed by atoms with Crippen molar-refractivity contribution < 1.29 is 9.59 Å². The van der Waals surface area contributed by atoms with E-state index in [2.05, 4.69) is 24.6 Å². The molecule has 0 aromatic rings. The Labute approximate surface area is 98.5 Å². The molecule has 2 amide bonds. The van der Waals surface area contributed by atoms with Gasteiger partial charge in [0.15, 0.2) is 0 Å². The Kier molecular flexibility index (Phi) is 4.13. The first-order chi connectivity index (χ1) is 7.35. The molecule has 0 aromatic heterocycles. The zero-order chi connectivity index (χ0) is 12.3. The van der Waals surface area contributed by atoms with Crippen molar-refractivity contribution in [3.63, 3.8) is 0 Å². The van der Waals surface area contributed by atoms with Gasteiger partial charge in [-0.05, 0) is 12.8 Å². The van der Waals surface area contributed by atoms with Crippen LogP contribution in [0.2, 0.25) is 19.6 Å². The number of likely N-dealkylation sites (tertiary alicyclic amines) is 1. The summed E-state index contributed by atoms with van der Waals surface area (Å²) in [5.41, 5.74) is 0. The molecule has 1 aliphatic rings. The molecule has 0 aromatic carbocycles. The number of amides is 2. The van der Waals surface area contributed by atoms with E-state index in [-0.39, 0.29) is 17.9 Å². The lowest BCUT2D eigenvalue weighted by molar-refractivity contribution is -0.136. The van der Waals surface area contributed by atoms with Gasteiger partial charge in [-0.25, -0.2) is 0 Å². The van der Waals surface area contributed by atoms with Crippen molar-refractivity contribution in [3.05, 3.63) is 0 Å². The maximum Gasteiger partial charge on any atom is 0.235 e. The number of nitrogens with zero attached hydrogens (tertiary/aromatic N) is 1. The highest BCUT2D eigenvalue weighted by atomic mass is 28.3. The van der Waals surface area contributed by atoms with E-state index in [4.69, 9.17) is 0 Å². The van der Waals surface area contributed by atoms with Crippen LogP contribution < -0.4 is 4.98 Å². The summed E-state index contributed by atoms with van der Waals surface area (Å²) in [6, 6.07) is -0.262. The van der Waals surface area contributed by atoms with E-state index < -0.39 is 8.24 Å². The van der Waals surface area contributed by atoms with Gasteiger partial charge in [0.2, 0.25) is 11.8 Å². The van der Waals surface area contributed by atoms with Gasteiger partial charge >= 0.3 is 0 Å². The zero-order valence-corrected chi connectivity index (χ0v) is 11.7. The van der Waals surface area contributed by atoms with Crippen molar-refractivity contribution in [2.75, 3.05) is 6.54 Å². The van der Waals surface area contributed by atoms with Crippen LogP contribution in [0.4, 0.5) is 0 Å². The van der Waals surface area contributed by atoms with E-state index in [0.29, 0.717) is 12.8 Å². The molecular formula is C11H22N2O2Si. The molecule has 1 atom stereocenters. The normalized spacial score (nSPS) is 18.8. The van der Waals surface area contributed by atoms with Crippen LogP contribution in [0.15, 0.2) is 0 Å². The summed E-state index contributed by atoms with van der Waals surface area (Å²) in [5, 5.41) is 0. The van der Waals surface area contributed by atoms with E-state index in [1.807, 2.05) is 6.92 Å². The molecular weight excluding hydrogens is 220 g/mol. The summed E-state index contributed by atoms with van der Waals surface area (Å²) in [6.45, 7) is 8.95. The molecule has 0 saturated carbocycles. The lowest BCUT2D eigenvalue weighted by atomic mass is 10.2. The second-order valence-corrected chi connectivity index (χ2v) is 10.1. The number of carbonyl (C=O) groups excluding carboxylic acids is 2. The monoisotopic (exact) mass is 242 g/mol. The maximum atomic E-state index is 12.1. The fourth-order valence-corrected chi connectivity index (χ4v) is 2.90. The molecule has 1 heterocycles. The Morgan fingerprint density at radius 1 is 1.50 bits per heavy atom. The van der Waals surface area contributed by atoms with Crippen molar-refractivity contribution >= 4 is 20.0 Å². The summed E-state index contributed by atoms with van der Waals surface area (Å²) >= 11 is 0. The van der Waals surface area contributed by atoms with E-state index in [1.54, 1.807) is 4.90 Å². The van der Waals surface area contributed by atoms with Crippen LogP contribution in [0.1, 0.15) is 26.2 Å². The average molecular weight is 242 g/mol. The number of rotatable bonds is 4. The van der Waals surface area contributed by atoms with Gasteiger partial charge in [0.25, 0.3) is 0 Å². The summed E-state index contributed by atoms with van der Waals surface area (Å²) in [6.07, 6.45) is 2.17.